The first-order valence-electron chi connectivity index (χ1n) is 12.4. The van der Waals surface area contributed by atoms with Gasteiger partial charge in [0.2, 0.25) is 15.9 Å². The molecule has 0 unspecified atom stereocenters. The van der Waals surface area contributed by atoms with Gasteiger partial charge in [0.25, 0.3) is 0 Å². The Hall–Kier alpha value is -2.77. The molecule has 4 rings (SSSR count). The zero-order chi connectivity index (χ0) is 27.9. The van der Waals surface area contributed by atoms with Crippen molar-refractivity contribution in [2.75, 3.05) is 45.9 Å². The lowest BCUT2D eigenvalue weighted by molar-refractivity contribution is -0.137. The van der Waals surface area contributed by atoms with Crippen molar-refractivity contribution in [1.29, 1.82) is 0 Å². The maximum Gasteiger partial charge on any atom is 0.416 e. The normalized spacial score (nSPS) is 15.0. The number of halogens is 3. The molecular weight excluding hydrogens is 551 g/mol. The van der Waals surface area contributed by atoms with Crippen LogP contribution in [0.3, 0.4) is 0 Å². The van der Waals surface area contributed by atoms with E-state index in [1.165, 1.54) is 11.3 Å². The summed E-state index contributed by atoms with van der Waals surface area (Å²) in [6.07, 6.45) is -4.70. The molecule has 0 bridgehead atoms. The quantitative estimate of drug-likeness (QED) is 0.338. The smallest absolute Gasteiger partial charge is 0.379 e. The molecule has 0 atom stereocenters. The van der Waals surface area contributed by atoms with E-state index in [0.717, 1.165) is 32.9 Å². The number of ether oxygens (including phenoxy) is 1. The molecule has 7 nitrogen and oxygen atoms in total. The molecule has 0 N–H and O–H groups in total. The average Bonchev–Trinajstić information content (AvgIpc) is 3.44. The van der Waals surface area contributed by atoms with Gasteiger partial charge in [-0.2, -0.15) is 17.5 Å². The fourth-order valence-corrected chi connectivity index (χ4v) is 6.37. The minimum absolute atomic E-state index is 0.0531. The Labute approximate surface area is 230 Å². The lowest BCUT2D eigenvalue weighted by atomic mass is 10.2. The molecule has 12 heteroatoms. The second-order valence-corrected chi connectivity index (χ2v) is 12.1. The zero-order valence-corrected chi connectivity index (χ0v) is 22.9. The summed E-state index contributed by atoms with van der Waals surface area (Å²) in [5.41, 5.74) is -0.186. The van der Waals surface area contributed by atoms with Crippen molar-refractivity contribution in [3.05, 3.63) is 88.1 Å². The van der Waals surface area contributed by atoms with Gasteiger partial charge in [0.05, 0.1) is 36.8 Å². The number of carbonyl (C=O) groups is 1. The van der Waals surface area contributed by atoms with Gasteiger partial charge in [0.1, 0.15) is 0 Å². The minimum Gasteiger partial charge on any atom is -0.379 e. The molecule has 3 aromatic rings. The maximum absolute atomic E-state index is 13.7. The highest BCUT2D eigenvalue weighted by Gasteiger charge is 2.34. The maximum atomic E-state index is 13.7. The lowest BCUT2D eigenvalue weighted by Crippen LogP contribution is -2.47. The fourth-order valence-electron chi connectivity index (χ4n) is 4.22. The van der Waals surface area contributed by atoms with E-state index in [-0.39, 0.29) is 19.6 Å². The minimum atomic E-state index is -4.70. The van der Waals surface area contributed by atoms with Crippen molar-refractivity contribution in [1.82, 2.24) is 14.1 Å². The molecule has 2 heterocycles. The fraction of sp³-hybridized carbons (Fsp3) is 0.370. The predicted molar refractivity (Wildman–Crippen MR) is 142 cm³/mol. The molecule has 1 aliphatic heterocycles. The Morgan fingerprint density at radius 2 is 1.72 bits per heavy atom. The molecule has 1 saturated heterocycles. The van der Waals surface area contributed by atoms with Crippen molar-refractivity contribution in [2.45, 2.75) is 24.2 Å². The molecular formula is C27H30F3N3O4S2. The molecule has 1 fully saturated rings. The van der Waals surface area contributed by atoms with Crippen LogP contribution < -0.4 is 0 Å². The van der Waals surface area contributed by atoms with Crippen LogP contribution in [0.25, 0.3) is 0 Å². The van der Waals surface area contributed by atoms with E-state index >= 15 is 0 Å². The molecule has 1 aliphatic rings. The predicted octanol–water partition coefficient (Wildman–Crippen LogP) is 4.32. The summed E-state index contributed by atoms with van der Waals surface area (Å²) in [5.74, 6) is -0.440. The summed E-state index contributed by atoms with van der Waals surface area (Å²) in [7, 11) is -4.42. The first-order chi connectivity index (χ1) is 18.6. The van der Waals surface area contributed by atoms with E-state index in [2.05, 4.69) is 0 Å². The van der Waals surface area contributed by atoms with Crippen molar-refractivity contribution >= 4 is 27.3 Å². The Bertz CT molecular complexity index is 1310. The summed E-state index contributed by atoms with van der Waals surface area (Å²) in [6.45, 7) is 2.52. The van der Waals surface area contributed by atoms with Crippen LogP contribution in [0, 0.1) is 0 Å². The molecule has 39 heavy (non-hydrogen) atoms. The number of amides is 1. The van der Waals surface area contributed by atoms with Crippen LogP contribution in [0.2, 0.25) is 0 Å². The highest BCUT2D eigenvalue weighted by atomic mass is 32.2. The van der Waals surface area contributed by atoms with Crippen LogP contribution in [0.5, 0.6) is 0 Å². The number of hydrogen-bond acceptors (Lipinski definition) is 6. The largest absolute Gasteiger partial charge is 0.416 e. The van der Waals surface area contributed by atoms with Gasteiger partial charge in [-0.1, -0.05) is 42.5 Å². The van der Waals surface area contributed by atoms with Gasteiger partial charge >= 0.3 is 6.18 Å². The van der Waals surface area contributed by atoms with E-state index in [9.17, 15) is 26.4 Å². The van der Waals surface area contributed by atoms with E-state index in [1.54, 1.807) is 4.90 Å². The Kier molecular flexibility index (Phi) is 9.78. The second kappa shape index (κ2) is 13.1. The van der Waals surface area contributed by atoms with Gasteiger partial charge in [0, 0.05) is 37.6 Å². The van der Waals surface area contributed by atoms with Crippen molar-refractivity contribution in [2.24, 2.45) is 0 Å². The SMILES string of the molecule is O=C(CN(CCN1CCOCC1)S(=O)(=O)c1cccc(C(F)(F)F)c1)N(Cc1ccccc1)Cc1cccs1. The number of benzene rings is 2. The standard InChI is InChI=1S/C27H30F3N3O4S2/c28-27(29,30)23-8-4-10-25(18-23)39(35,36)33(12-11-31-13-15-37-16-14-31)21-26(34)32(20-24-9-5-17-38-24)19-22-6-2-1-3-7-22/h1-10,17-18H,11-16,19-21H2. The highest BCUT2D eigenvalue weighted by molar-refractivity contribution is 7.89. The number of sulfonamides is 1. The van der Waals surface area contributed by atoms with Crippen molar-refractivity contribution < 1.29 is 31.1 Å². The summed E-state index contributed by atoms with van der Waals surface area (Å²) >= 11 is 1.48. The van der Waals surface area contributed by atoms with Gasteiger partial charge in [0.15, 0.2) is 0 Å². The number of carbonyl (C=O) groups excluding carboxylic acids is 1. The second-order valence-electron chi connectivity index (χ2n) is 9.13. The third-order valence-electron chi connectivity index (χ3n) is 6.38. The van der Waals surface area contributed by atoms with Gasteiger partial charge in [-0.15, -0.1) is 11.3 Å². The molecule has 0 aliphatic carbocycles. The molecule has 1 aromatic heterocycles. The number of morpholine rings is 1. The van der Waals surface area contributed by atoms with Crippen LogP contribution in [0.4, 0.5) is 13.2 Å². The monoisotopic (exact) mass is 581 g/mol. The average molecular weight is 582 g/mol. The van der Waals surface area contributed by atoms with Crippen LogP contribution in [-0.2, 0) is 38.8 Å². The molecule has 210 valence electrons. The van der Waals surface area contributed by atoms with E-state index in [1.807, 2.05) is 52.7 Å². The van der Waals surface area contributed by atoms with Crippen molar-refractivity contribution in [3.8, 4) is 0 Å². The first kappa shape index (κ1) is 29.2. The Morgan fingerprint density at radius 3 is 2.38 bits per heavy atom. The molecule has 0 spiro atoms. The van der Waals surface area contributed by atoms with Crippen LogP contribution >= 0.6 is 11.3 Å². The number of hydrogen-bond donors (Lipinski definition) is 0. The summed E-state index contributed by atoms with van der Waals surface area (Å²) < 4.78 is 73.8. The third kappa shape index (κ3) is 8.12. The number of nitrogens with zero attached hydrogens (tertiary/aromatic N) is 3. The summed E-state index contributed by atoms with van der Waals surface area (Å²) in [6, 6.07) is 16.7. The van der Waals surface area contributed by atoms with Gasteiger partial charge in [-0.3, -0.25) is 9.69 Å². The van der Waals surface area contributed by atoms with Crippen molar-refractivity contribution in [3.63, 3.8) is 0 Å². The first-order valence-corrected chi connectivity index (χ1v) is 14.8. The molecule has 0 saturated carbocycles. The summed E-state index contributed by atoms with van der Waals surface area (Å²) in [5, 5.41) is 1.90. The Morgan fingerprint density at radius 1 is 0.974 bits per heavy atom. The Balaban J connectivity index is 1.61. The molecule has 0 radical (unpaired) electrons. The molecule has 2 aromatic carbocycles. The van der Waals surface area contributed by atoms with Crippen LogP contribution in [0.15, 0.2) is 77.0 Å². The zero-order valence-electron chi connectivity index (χ0n) is 21.2. The van der Waals surface area contributed by atoms with E-state index < -0.39 is 39.1 Å². The van der Waals surface area contributed by atoms with Crippen LogP contribution in [-0.4, -0.2) is 74.4 Å². The van der Waals surface area contributed by atoms with E-state index in [4.69, 9.17) is 4.74 Å². The van der Waals surface area contributed by atoms with Gasteiger partial charge in [-0.05, 0) is 35.2 Å². The highest BCUT2D eigenvalue weighted by Crippen LogP contribution is 2.31. The summed E-state index contributed by atoms with van der Waals surface area (Å²) in [4.78, 5) is 17.7. The van der Waals surface area contributed by atoms with Gasteiger partial charge < -0.3 is 9.64 Å². The third-order valence-corrected chi connectivity index (χ3v) is 9.08. The van der Waals surface area contributed by atoms with Gasteiger partial charge in [-0.25, -0.2) is 8.42 Å². The van der Waals surface area contributed by atoms with E-state index in [0.29, 0.717) is 38.9 Å². The number of rotatable bonds is 11. The topological polar surface area (TPSA) is 70.2 Å². The van der Waals surface area contributed by atoms with Crippen LogP contribution in [0.1, 0.15) is 16.0 Å². The number of alkyl halides is 3. The number of thiophene rings is 1. The lowest BCUT2D eigenvalue weighted by Gasteiger charge is -2.31. The molecule has 1 amide bonds.